The molecule has 0 spiro atoms. The normalized spacial score (nSPS) is 16.8. The van der Waals surface area contributed by atoms with Gasteiger partial charge in [-0.3, -0.25) is 14.4 Å². The maximum Gasteiger partial charge on any atom is 0.269 e. The summed E-state index contributed by atoms with van der Waals surface area (Å²) in [5.74, 6) is -0.0451. The first-order valence-corrected chi connectivity index (χ1v) is 7.93. The number of hydrogen-bond donors (Lipinski definition) is 1. The van der Waals surface area contributed by atoms with E-state index in [0.717, 1.165) is 44.1 Å². The van der Waals surface area contributed by atoms with E-state index in [1.165, 1.54) is 0 Å². The monoisotopic (exact) mass is 308 g/mol. The van der Waals surface area contributed by atoms with Gasteiger partial charge in [-0.15, -0.1) is 0 Å². The highest BCUT2D eigenvalue weighted by Crippen LogP contribution is 2.26. The van der Waals surface area contributed by atoms with Gasteiger partial charge in [0.1, 0.15) is 5.69 Å². The molecule has 2 heterocycles. The molecule has 1 amide bonds. The van der Waals surface area contributed by atoms with Crippen molar-refractivity contribution in [3.8, 4) is 0 Å². The Hall–Kier alpha value is -1.40. The second-order valence-corrected chi connectivity index (χ2v) is 6.91. The second kappa shape index (κ2) is 6.79. The lowest BCUT2D eigenvalue weighted by molar-refractivity contribution is 0.0383. The number of hydrogen-bond acceptors (Lipinski definition) is 4. The van der Waals surface area contributed by atoms with E-state index in [2.05, 4.69) is 36.1 Å². The molecule has 0 bridgehead atoms. The van der Waals surface area contributed by atoms with Crippen molar-refractivity contribution < 1.29 is 9.53 Å². The van der Waals surface area contributed by atoms with E-state index in [1.54, 1.807) is 4.68 Å². The van der Waals surface area contributed by atoms with Gasteiger partial charge in [-0.25, -0.2) is 0 Å². The first-order valence-electron chi connectivity index (χ1n) is 7.93. The molecule has 0 radical (unpaired) electrons. The Kier molecular flexibility index (Phi) is 5.24. The van der Waals surface area contributed by atoms with Crippen LogP contribution in [0.1, 0.15) is 42.5 Å². The Morgan fingerprint density at radius 2 is 1.95 bits per heavy atom. The number of carbonyl (C=O) groups is 1. The fourth-order valence-corrected chi connectivity index (χ4v) is 2.90. The molecule has 0 aliphatic carbocycles. The fraction of sp³-hybridized carbons (Fsp3) is 0.750. The number of aromatic nitrogens is 2. The summed E-state index contributed by atoms with van der Waals surface area (Å²) in [6.45, 7) is 13.3. The summed E-state index contributed by atoms with van der Waals surface area (Å²) < 4.78 is 7.02. The predicted octanol–water partition coefficient (Wildman–Crippen LogP) is 1.09. The van der Waals surface area contributed by atoms with Crippen molar-refractivity contribution in [2.75, 3.05) is 39.4 Å². The molecule has 1 aliphatic rings. The van der Waals surface area contributed by atoms with Gasteiger partial charge in [-0.05, 0) is 6.92 Å². The van der Waals surface area contributed by atoms with Crippen molar-refractivity contribution in [1.82, 2.24) is 20.0 Å². The Bertz CT molecular complexity index is 525. The Morgan fingerprint density at radius 1 is 1.32 bits per heavy atom. The number of amides is 1. The molecule has 22 heavy (non-hydrogen) atoms. The van der Waals surface area contributed by atoms with Crippen LogP contribution in [0.15, 0.2) is 0 Å². The zero-order valence-electron chi connectivity index (χ0n) is 14.4. The first kappa shape index (κ1) is 17.0. The summed E-state index contributed by atoms with van der Waals surface area (Å²) >= 11 is 0. The van der Waals surface area contributed by atoms with Crippen molar-refractivity contribution in [2.24, 2.45) is 7.05 Å². The number of morpholine rings is 1. The summed E-state index contributed by atoms with van der Waals surface area (Å²) in [6.07, 6.45) is 0. The lowest BCUT2D eigenvalue weighted by Gasteiger charge is -2.26. The molecule has 0 aromatic carbocycles. The van der Waals surface area contributed by atoms with E-state index < -0.39 is 0 Å². The van der Waals surface area contributed by atoms with Gasteiger partial charge in [-0.2, -0.15) is 5.10 Å². The molecule has 1 aromatic heterocycles. The molecule has 6 nitrogen and oxygen atoms in total. The summed E-state index contributed by atoms with van der Waals surface area (Å²) in [4.78, 5) is 14.8. The van der Waals surface area contributed by atoms with Gasteiger partial charge in [0.15, 0.2) is 0 Å². The zero-order valence-corrected chi connectivity index (χ0v) is 14.4. The zero-order chi connectivity index (χ0) is 16.3. The van der Waals surface area contributed by atoms with Crippen LogP contribution in [0.4, 0.5) is 0 Å². The molecule has 1 N–H and O–H groups in total. The maximum absolute atomic E-state index is 12.5. The highest BCUT2D eigenvalue weighted by atomic mass is 16.5. The van der Waals surface area contributed by atoms with Gasteiger partial charge in [0, 0.05) is 44.2 Å². The number of carbonyl (C=O) groups excluding carboxylic acids is 1. The SMILES string of the molecule is Cc1c(C(C)(C)C)nn(C)c1C(=O)NCCN1CCOCC1. The van der Waals surface area contributed by atoms with E-state index in [4.69, 9.17) is 4.74 Å². The lowest BCUT2D eigenvalue weighted by Crippen LogP contribution is -2.41. The second-order valence-electron chi connectivity index (χ2n) is 6.91. The van der Waals surface area contributed by atoms with E-state index in [1.807, 2.05) is 14.0 Å². The quantitative estimate of drug-likeness (QED) is 0.904. The van der Waals surface area contributed by atoms with Crippen LogP contribution in [0.2, 0.25) is 0 Å². The van der Waals surface area contributed by atoms with Crippen molar-refractivity contribution in [2.45, 2.75) is 33.1 Å². The van der Waals surface area contributed by atoms with Crippen LogP contribution < -0.4 is 5.32 Å². The van der Waals surface area contributed by atoms with Gasteiger partial charge in [-0.1, -0.05) is 20.8 Å². The van der Waals surface area contributed by atoms with Crippen LogP contribution in [0, 0.1) is 6.92 Å². The van der Waals surface area contributed by atoms with Crippen molar-refractivity contribution >= 4 is 5.91 Å². The van der Waals surface area contributed by atoms with Crippen LogP contribution in [-0.4, -0.2) is 60.0 Å². The van der Waals surface area contributed by atoms with Gasteiger partial charge in [0.25, 0.3) is 5.91 Å². The standard InChI is InChI=1S/C16H28N4O2/c1-12-13(19(5)18-14(12)16(2,3)4)15(21)17-6-7-20-8-10-22-11-9-20/h6-11H2,1-5H3,(H,17,21). The average Bonchev–Trinajstić information content (AvgIpc) is 2.75. The van der Waals surface area contributed by atoms with Crippen LogP contribution in [0.25, 0.3) is 0 Å². The molecule has 1 aromatic rings. The Balaban J connectivity index is 1.96. The van der Waals surface area contributed by atoms with Gasteiger partial charge in [0.2, 0.25) is 0 Å². The summed E-state index contributed by atoms with van der Waals surface area (Å²) in [6, 6.07) is 0. The van der Waals surface area contributed by atoms with Gasteiger partial charge >= 0.3 is 0 Å². The largest absolute Gasteiger partial charge is 0.379 e. The Morgan fingerprint density at radius 3 is 2.50 bits per heavy atom. The molecule has 2 rings (SSSR count). The lowest BCUT2D eigenvalue weighted by atomic mass is 9.89. The highest BCUT2D eigenvalue weighted by molar-refractivity contribution is 5.94. The van der Waals surface area contributed by atoms with Crippen molar-refractivity contribution in [3.05, 3.63) is 17.0 Å². The van der Waals surface area contributed by atoms with Crippen molar-refractivity contribution in [3.63, 3.8) is 0 Å². The maximum atomic E-state index is 12.5. The highest BCUT2D eigenvalue weighted by Gasteiger charge is 2.26. The van der Waals surface area contributed by atoms with Gasteiger partial charge in [0.05, 0.1) is 18.9 Å². The smallest absolute Gasteiger partial charge is 0.269 e. The number of nitrogens with one attached hydrogen (secondary N) is 1. The number of rotatable bonds is 4. The van der Waals surface area contributed by atoms with Gasteiger partial charge < -0.3 is 10.1 Å². The topological polar surface area (TPSA) is 59.4 Å². The minimum Gasteiger partial charge on any atom is -0.379 e. The van der Waals surface area contributed by atoms with Crippen LogP contribution in [0.5, 0.6) is 0 Å². The van der Waals surface area contributed by atoms with E-state index >= 15 is 0 Å². The third-order valence-electron chi connectivity index (χ3n) is 4.03. The third-order valence-corrected chi connectivity index (χ3v) is 4.03. The number of ether oxygens (including phenoxy) is 1. The number of aryl methyl sites for hydroxylation is 1. The minimum absolute atomic E-state index is 0.0451. The molecule has 0 atom stereocenters. The molecule has 0 saturated carbocycles. The molecule has 0 unspecified atom stereocenters. The third kappa shape index (κ3) is 3.87. The number of nitrogens with zero attached hydrogens (tertiary/aromatic N) is 3. The predicted molar refractivity (Wildman–Crippen MR) is 86.2 cm³/mol. The van der Waals surface area contributed by atoms with E-state index in [0.29, 0.717) is 12.2 Å². The minimum atomic E-state index is -0.0613. The molecule has 6 heteroatoms. The molecule has 1 aliphatic heterocycles. The van der Waals surface area contributed by atoms with Crippen molar-refractivity contribution in [1.29, 1.82) is 0 Å². The molecular weight excluding hydrogens is 280 g/mol. The molecule has 1 saturated heterocycles. The summed E-state index contributed by atoms with van der Waals surface area (Å²) in [5, 5.41) is 7.54. The van der Waals surface area contributed by atoms with E-state index in [-0.39, 0.29) is 11.3 Å². The fourth-order valence-electron chi connectivity index (χ4n) is 2.90. The first-order chi connectivity index (χ1) is 10.3. The van der Waals surface area contributed by atoms with E-state index in [9.17, 15) is 4.79 Å². The summed E-state index contributed by atoms with van der Waals surface area (Å²) in [7, 11) is 1.83. The van der Waals surface area contributed by atoms with Crippen LogP contribution >= 0.6 is 0 Å². The molecule has 124 valence electrons. The average molecular weight is 308 g/mol. The van der Waals surface area contributed by atoms with Crippen LogP contribution in [0.3, 0.4) is 0 Å². The molecular formula is C16H28N4O2. The molecule has 1 fully saturated rings. The summed E-state index contributed by atoms with van der Waals surface area (Å²) in [5.41, 5.74) is 2.55. The van der Waals surface area contributed by atoms with Crippen LogP contribution in [-0.2, 0) is 17.2 Å². The Labute approximate surface area is 132 Å².